The highest BCUT2D eigenvalue weighted by Crippen LogP contribution is 2.24. The maximum absolute atomic E-state index is 13.4. The lowest BCUT2D eigenvalue weighted by Gasteiger charge is -2.15. The molecule has 0 atom stereocenters. The van der Waals surface area contributed by atoms with E-state index in [1.807, 2.05) is 0 Å². The number of benzene rings is 3. The van der Waals surface area contributed by atoms with Crippen LogP contribution in [0.4, 0.5) is 10.1 Å². The highest BCUT2D eigenvalue weighted by atomic mass is 32.2. The van der Waals surface area contributed by atoms with E-state index >= 15 is 0 Å². The first-order valence-electron chi connectivity index (χ1n) is 10.3. The summed E-state index contributed by atoms with van der Waals surface area (Å²) in [5.74, 6) is -0.430. The molecular weight excluding hydrogens is 459 g/mol. The molecule has 0 aliphatic heterocycles. The van der Waals surface area contributed by atoms with Crippen molar-refractivity contribution in [1.29, 1.82) is 0 Å². The van der Waals surface area contributed by atoms with Crippen molar-refractivity contribution >= 4 is 32.3 Å². The Bertz CT molecular complexity index is 1540. The van der Waals surface area contributed by atoms with Gasteiger partial charge in [-0.3, -0.25) is 9.59 Å². The van der Waals surface area contributed by atoms with Crippen LogP contribution in [0, 0.1) is 12.7 Å². The van der Waals surface area contributed by atoms with Crippen LogP contribution in [0.15, 0.2) is 87.5 Å². The number of rotatable bonds is 6. The predicted molar refractivity (Wildman–Crippen MR) is 126 cm³/mol. The van der Waals surface area contributed by atoms with Gasteiger partial charge >= 0.3 is 0 Å². The van der Waals surface area contributed by atoms with Gasteiger partial charge in [-0.15, -0.1) is 0 Å². The third-order valence-corrected chi connectivity index (χ3v) is 7.07. The zero-order chi connectivity index (χ0) is 24.5. The standard InChI is InChI=1S/C25H21FN2O5S/c1-16-3-12-22-21(13-16)25(30)23(34(31,32)20-10-8-19(33-2)9-11-20)14-28(22)15-24(29)27-18-6-4-17(26)5-7-18/h3-14H,15H2,1-2H3,(H,27,29). The van der Waals surface area contributed by atoms with Gasteiger partial charge in [0.25, 0.3) is 0 Å². The Hall–Kier alpha value is -3.98. The zero-order valence-electron chi connectivity index (χ0n) is 18.4. The molecule has 34 heavy (non-hydrogen) atoms. The topological polar surface area (TPSA) is 94.5 Å². The summed E-state index contributed by atoms with van der Waals surface area (Å²) in [5.41, 5.74) is 0.924. The Kier molecular flexibility index (Phi) is 6.21. The molecule has 1 heterocycles. The third kappa shape index (κ3) is 4.55. The van der Waals surface area contributed by atoms with Crippen molar-refractivity contribution in [2.24, 2.45) is 0 Å². The number of hydrogen-bond acceptors (Lipinski definition) is 5. The number of pyridine rings is 1. The van der Waals surface area contributed by atoms with E-state index in [9.17, 15) is 22.4 Å². The molecule has 0 spiro atoms. The summed E-state index contributed by atoms with van der Waals surface area (Å²) in [6.45, 7) is 1.53. The number of carbonyl (C=O) groups is 1. The molecule has 0 radical (unpaired) electrons. The van der Waals surface area contributed by atoms with Crippen molar-refractivity contribution in [2.45, 2.75) is 23.3 Å². The van der Waals surface area contributed by atoms with Crippen molar-refractivity contribution in [1.82, 2.24) is 4.57 Å². The van der Waals surface area contributed by atoms with Gasteiger partial charge < -0.3 is 14.6 Å². The quantitative estimate of drug-likeness (QED) is 0.451. The van der Waals surface area contributed by atoms with E-state index in [1.165, 1.54) is 66.4 Å². The average Bonchev–Trinajstić information content (AvgIpc) is 2.82. The molecule has 0 saturated carbocycles. The summed E-state index contributed by atoms with van der Waals surface area (Å²) in [6, 6.07) is 16.0. The predicted octanol–water partition coefficient (Wildman–Crippen LogP) is 3.93. The van der Waals surface area contributed by atoms with Crippen molar-refractivity contribution in [3.8, 4) is 5.75 Å². The minimum Gasteiger partial charge on any atom is -0.497 e. The number of methoxy groups -OCH3 is 1. The van der Waals surface area contributed by atoms with Gasteiger partial charge in [0.1, 0.15) is 23.0 Å². The van der Waals surface area contributed by atoms with Crippen LogP contribution < -0.4 is 15.5 Å². The second-order valence-corrected chi connectivity index (χ2v) is 9.62. The largest absolute Gasteiger partial charge is 0.497 e. The molecule has 1 amide bonds. The van der Waals surface area contributed by atoms with E-state index in [0.717, 1.165) is 5.56 Å². The number of carbonyl (C=O) groups excluding carboxylic acids is 1. The Morgan fingerprint density at radius 1 is 1.03 bits per heavy atom. The van der Waals surface area contributed by atoms with Crippen LogP contribution in [-0.4, -0.2) is 26.0 Å². The molecule has 4 rings (SSSR count). The van der Waals surface area contributed by atoms with E-state index in [0.29, 0.717) is 17.0 Å². The van der Waals surface area contributed by atoms with Crippen molar-refractivity contribution in [3.05, 3.63) is 94.5 Å². The normalized spacial score (nSPS) is 11.4. The lowest BCUT2D eigenvalue weighted by atomic mass is 10.1. The fraction of sp³-hybridized carbons (Fsp3) is 0.120. The van der Waals surface area contributed by atoms with E-state index in [4.69, 9.17) is 4.74 Å². The molecule has 7 nitrogen and oxygen atoms in total. The van der Waals surface area contributed by atoms with Crippen LogP contribution in [0.1, 0.15) is 5.56 Å². The van der Waals surface area contributed by atoms with Gasteiger partial charge in [0, 0.05) is 17.3 Å². The lowest BCUT2D eigenvalue weighted by Crippen LogP contribution is -2.24. The molecular formula is C25H21FN2O5S. The van der Waals surface area contributed by atoms with Crippen LogP contribution in [0.25, 0.3) is 10.9 Å². The number of anilines is 1. The maximum atomic E-state index is 13.4. The number of aromatic nitrogens is 1. The molecule has 0 bridgehead atoms. The second kappa shape index (κ2) is 9.11. The molecule has 4 aromatic rings. The van der Waals surface area contributed by atoms with Gasteiger partial charge in [0.05, 0.1) is 17.5 Å². The number of halogens is 1. The molecule has 174 valence electrons. The molecule has 0 aliphatic carbocycles. The van der Waals surface area contributed by atoms with Gasteiger partial charge in [-0.25, -0.2) is 12.8 Å². The summed E-state index contributed by atoms with van der Waals surface area (Å²) in [7, 11) is -2.72. The van der Waals surface area contributed by atoms with E-state index in [2.05, 4.69) is 5.32 Å². The summed E-state index contributed by atoms with van der Waals surface area (Å²) in [5, 5.41) is 2.83. The van der Waals surface area contributed by atoms with Crippen LogP contribution in [0.5, 0.6) is 5.75 Å². The first-order chi connectivity index (χ1) is 16.2. The van der Waals surface area contributed by atoms with Gasteiger partial charge in [-0.1, -0.05) is 11.6 Å². The Balaban J connectivity index is 1.80. The number of nitrogens with zero attached hydrogens (tertiary/aromatic N) is 1. The molecule has 0 aliphatic rings. The fourth-order valence-corrected chi connectivity index (χ4v) is 4.95. The van der Waals surface area contributed by atoms with Crippen LogP contribution in [-0.2, 0) is 21.2 Å². The summed E-state index contributed by atoms with van der Waals surface area (Å²) < 4.78 is 46.3. The number of fused-ring (bicyclic) bond motifs is 1. The van der Waals surface area contributed by atoms with Gasteiger partial charge in [0.15, 0.2) is 0 Å². The minimum atomic E-state index is -4.18. The molecule has 1 aromatic heterocycles. The number of amides is 1. The fourth-order valence-electron chi connectivity index (χ4n) is 3.58. The maximum Gasteiger partial charge on any atom is 0.244 e. The zero-order valence-corrected chi connectivity index (χ0v) is 19.2. The van der Waals surface area contributed by atoms with Crippen molar-refractivity contribution in [3.63, 3.8) is 0 Å². The van der Waals surface area contributed by atoms with Crippen LogP contribution >= 0.6 is 0 Å². The summed E-state index contributed by atoms with van der Waals surface area (Å²) in [4.78, 5) is 25.4. The first kappa shape index (κ1) is 23.2. The van der Waals surface area contributed by atoms with Gasteiger partial charge in [-0.05, 0) is 67.6 Å². The monoisotopic (exact) mass is 480 g/mol. The Morgan fingerprint density at radius 3 is 2.35 bits per heavy atom. The Labute approximate surface area is 195 Å². The molecule has 0 unspecified atom stereocenters. The highest BCUT2D eigenvalue weighted by Gasteiger charge is 2.24. The van der Waals surface area contributed by atoms with E-state index in [1.54, 1.807) is 25.1 Å². The van der Waals surface area contributed by atoms with E-state index < -0.39 is 31.9 Å². The highest BCUT2D eigenvalue weighted by molar-refractivity contribution is 7.91. The molecule has 9 heteroatoms. The SMILES string of the molecule is COc1ccc(S(=O)(=O)c2cn(CC(=O)Nc3ccc(F)cc3)c3ccc(C)cc3c2=O)cc1. The molecule has 0 saturated heterocycles. The number of aryl methyl sites for hydroxylation is 1. The van der Waals surface area contributed by atoms with E-state index in [-0.39, 0.29) is 16.8 Å². The van der Waals surface area contributed by atoms with Crippen LogP contribution in [0.2, 0.25) is 0 Å². The average molecular weight is 481 g/mol. The Morgan fingerprint density at radius 2 is 1.71 bits per heavy atom. The minimum absolute atomic E-state index is 0.0697. The smallest absolute Gasteiger partial charge is 0.244 e. The molecule has 3 aromatic carbocycles. The number of sulfone groups is 1. The van der Waals surface area contributed by atoms with Crippen molar-refractivity contribution in [2.75, 3.05) is 12.4 Å². The summed E-state index contributed by atoms with van der Waals surface area (Å²) in [6.07, 6.45) is 1.18. The second-order valence-electron chi connectivity index (χ2n) is 7.71. The van der Waals surface area contributed by atoms with Gasteiger partial charge in [-0.2, -0.15) is 0 Å². The van der Waals surface area contributed by atoms with Crippen molar-refractivity contribution < 1.29 is 22.3 Å². The number of hydrogen-bond donors (Lipinski definition) is 1. The number of nitrogens with one attached hydrogen (secondary N) is 1. The summed E-state index contributed by atoms with van der Waals surface area (Å²) >= 11 is 0. The lowest BCUT2D eigenvalue weighted by molar-refractivity contribution is -0.116. The van der Waals surface area contributed by atoms with Gasteiger partial charge in [0.2, 0.25) is 21.2 Å². The molecule has 1 N–H and O–H groups in total. The first-order valence-corrected chi connectivity index (χ1v) is 11.8. The number of ether oxygens (including phenoxy) is 1. The molecule has 0 fully saturated rings. The van der Waals surface area contributed by atoms with Crippen LogP contribution in [0.3, 0.4) is 0 Å². The third-order valence-electron chi connectivity index (χ3n) is 5.30.